The zero-order chi connectivity index (χ0) is 18.8. The Morgan fingerprint density at radius 3 is 2.62 bits per heavy atom. The Balaban J connectivity index is 1.81. The zero-order valence-corrected chi connectivity index (χ0v) is 16.3. The van der Waals surface area contributed by atoms with Gasteiger partial charge in [-0.05, 0) is 50.5 Å². The quantitative estimate of drug-likeness (QED) is 0.845. The third-order valence-corrected chi connectivity index (χ3v) is 5.42. The molecule has 1 unspecified atom stereocenters. The maximum Gasteiger partial charge on any atom is 0.256 e. The number of carbonyl (C=O) groups is 2. The van der Waals surface area contributed by atoms with E-state index >= 15 is 0 Å². The van der Waals surface area contributed by atoms with Crippen LogP contribution in [-0.4, -0.2) is 33.9 Å². The lowest BCUT2D eigenvalue weighted by atomic mass is 10.00. The van der Waals surface area contributed by atoms with Crippen LogP contribution >= 0.6 is 23.2 Å². The van der Waals surface area contributed by atoms with E-state index in [4.69, 9.17) is 23.2 Å². The van der Waals surface area contributed by atoms with Gasteiger partial charge in [0.05, 0.1) is 16.3 Å². The maximum atomic E-state index is 13.0. The minimum Gasteiger partial charge on any atom is -0.354 e. The first kappa shape index (κ1) is 18.8. The van der Waals surface area contributed by atoms with E-state index in [0.717, 1.165) is 18.5 Å². The molecule has 26 heavy (non-hydrogen) atoms. The number of hydrogen-bond donors (Lipinski definition) is 1. The summed E-state index contributed by atoms with van der Waals surface area (Å²) in [6.07, 6.45) is 4.29. The zero-order valence-electron chi connectivity index (χ0n) is 14.8. The van der Waals surface area contributed by atoms with E-state index in [1.165, 1.54) is 0 Å². The number of aryl methyl sites for hydroxylation is 1. The highest BCUT2D eigenvalue weighted by Gasteiger charge is 2.33. The third-order valence-electron chi connectivity index (χ3n) is 4.87. The molecule has 138 valence electrons. The predicted octanol–water partition coefficient (Wildman–Crippen LogP) is 4.27. The van der Waals surface area contributed by atoms with Crippen LogP contribution in [0.25, 0.3) is 0 Å². The van der Waals surface area contributed by atoms with Gasteiger partial charge in [-0.1, -0.05) is 23.2 Å². The van der Waals surface area contributed by atoms with Gasteiger partial charge in [0.1, 0.15) is 6.04 Å². The van der Waals surface area contributed by atoms with Crippen LogP contribution in [0, 0.1) is 6.92 Å². The van der Waals surface area contributed by atoms with Crippen LogP contribution in [0.3, 0.4) is 0 Å². The molecular weight excluding hydrogens is 373 g/mol. The van der Waals surface area contributed by atoms with Crippen molar-refractivity contribution in [3.05, 3.63) is 51.8 Å². The van der Waals surface area contributed by atoms with Gasteiger partial charge in [-0.3, -0.25) is 9.59 Å². The molecule has 0 spiro atoms. The van der Waals surface area contributed by atoms with Gasteiger partial charge in [0.2, 0.25) is 5.91 Å². The number of benzene rings is 1. The van der Waals surface area contributed by atoms with Crippen molar-refractivity contribution in [2.75, 3.05) is 11.9 Å². The first-order chi connectivity index (χ1) is 12.4. The second-order valence-corrected chi connectivity index (χ2v) is 7.39. The molecule has 5 nitrogen and oxygen atoms in total. The summed E-state index contributed by atoms with van der Waals surface area (Å²) in [4.78, 5) is 27.5. The van der Waals surface area contributed by atoms with E-state index in [2.05, 4.69) is 5.32 Å². The fraction of sp³-hybridized carbons (Fsp3) is 0.368. The Labute approximate surface area is 162 Å². The van der Waals surface area contributed by atoms with Crippen LogP contribution in [0.1, 0.15) is 35.3 Å². The number of rotatable bonds is 3. The van der Waals surface area contributed by atoms with Gasteiger partial charge in [0, 0.05) is 30.5 Å². The molecule has 0 radical (unpaired) electrons. The van der Waals surface area contributed by atoms with Gasteiger partial charge in [0.25, 0.3) is 5.91 Å². The molecule has 2 heterocycles. The lowest BCUT2D eigenvalue weighted by molar-refractivity contribution is -0.121. The Morgan fingerprint density at radius 2 is 1.96 bits per heavy atom. The van der Waals surface area contributed by atoms with Crippen molar-refractivity contribution >= 4 is 40.7 Å². The largest absolute Gasteiger partial charge is 0.354 e. The Hall–Kier alpha value is -1.98. The SMILES string of the molecule is Cc1c(C(=O)N2CCCCC2C(=O)Nc2ccc(Cl)cc2Cl)ccn1C. The van der Waals surface area contributed by atoms with Crippen LogP contribution < -0.4 is 5.32 Å². The molecule has 7 heteroatoms. The van der Waals surface area contributed by atoms with Crippen molar-refractivity contribution in [3.63, 3.8) is 0 Å². The van der Waals surface area contributed by atoms with E-state index < -0.39 is 6.04 Å². The van der Waals surface area contributed by atoms with Crippen molar-refractivity contribution in [1.82, 2.24) is 9.47 Å². The summed E-state index contributed by atoms with van der Waals surface area (Å²) >= 11 is 12.0. The van der Waals surface area contributed by atoms with Crippen molar-refractivity contribution in [1.29, 1.82) is 0 Å². The number of anilines is 1. The number of nitrogens with zero attached hydrogens (tertiary/aromatic N) is 2. The molecule has 1 N–H and O–H groups in total. The molecule has 1 saturated heterocycles. The molecule has 1 aromatic heterocycles. The summed E-state index contributed by atoms with van der Waals surface area (Å²) in [6, 6.07) is 6.20. The minimum absolute atomic E-state index is 0.106. The number of hydrogen-bond acceptors (Lipinski definition) is 2. The molecule has 0 saturated carbocycles. The molecule has 2 aromatic rings. The lowest BCUT2D eigenvalue weighted by Crippen LogP contribution is -2.50. The summed E-state index contributed by atoms with van der Waals surface area (Å²) in [5, 5.41) is 3.71. The van der Waals surface area contributed by atoms with E-state index in [1.807, 2.05) is 24.7 Å². The molecule has 0 bridgehead atoms. The normalized spacial score (nSPS) is 17.2. The molecule has 1 fully saturated rings. The predicted molar refractivity (Wildman–Crippen MR) is 104 cm³/mol. The van der Waals surface area contributed by atoms with Crippen LogP contribution in [0.4, 0.5) is 5.69 Å². The Kier molecular flexibility index (Phi) is 5.58. The fourth-order valence-corrected chi connectivity index (χ4v) is 3.70. The van der Waals surface area contributed by atoms with Gasteiger partial charge >= 0.3 is 0 Å². The number of amides is 2. The first-order valence-corrected chi connectivity index (χ1v) is 9.33. The van der Waals surface area contributed by atoms with Crippen LogP contribution in [0.2, 0.25) is 10.0 Å². The summed E-state index contributed by atoms with van der Waals surface area (Å²) in [5.41, 5.74) is 2.02. The first-order valence-electron chi connectivity index (χ1n) is 8.57. The highest BCUT2D eigenvalue weighted by atomic mass is 35.5. The molecule has 1 atom stereocenters. The van der Waals surface area contributed by atoms with Gasteiger partial charge in [0.15, 0.2) is 0 Å². The number of nitrogens with one attached hydrogen (secondary N) is 1. The van der Waals surface area contributed by atoms with E-state index in [1.54, 1.807) is 29.2 Å². The lowest BCUT2D eigenvalue weighted by Gasteiger charge is -2.34. The number of piperidine rings is 1. The van der Waals surface area contributed by atoms with Crippen molar-refractivity contribution in [2.24, 2.45) is 7.05 Å². The fourth-order valence-electron chi connectivity index (χ4n) is 3.24. The molecule has 0 aliphatic carbocycles. The van der Waals surface area contributed by atoms with E-state index in [9.17, 15) is 9.59 Å². The number of halogens is 2. The molecule has 2 amide bonds. The van der Waals surface area contributed by atoms with E-state index in [0.29, 0.717) is 34.3 Å². The van der Waals surface area contributed by atoms with Crippen molar-refractivity contribution in [2.45, 2.75) is 32.2 Å². The molecule has 1 aromatic carbocycles. The third kappa shape index (κ3) is 3.74. The maximum absolute atomic E-state index is 13.0. The van der Waals surface area contributed by atoms with E-state index in [-0.39, 0.29) is 11.8 Å². The smallest absolute Gasteiger partial charge is 0.256 e. The number of likely N-dealkylation sites (tertiary alicyclic amines) is 1. The van der Waals surface area contributed by atoms with Crippen LogP contribution in [0.15, 0.2) is 30.5 Å². The standard InChI is InChI=1S/C19H21Cl2N3O2/c1-12-14(8-10-23(12)2)19(26)24-9-4-3-5-17(24)18(25)22-16-7-6-13(20)11-15(16)21/h6-8,10-11,17H,3-5,9H2,1-2H3,(H,22,25). The summed E-state index contributed by atoms with van der Waals surface area (Å²) < 4.78 is 1.90. The average Bonchev–Trinajstić information content (AvgIpc) is 2.96. The second-order valence-electron chi connectivity index (χ2n) is 6.55. The summed E-state index contributed by atoms with van der Waals surface area (Å²) in [7, 11) is 1.90. The van der Waals surface area contributed by atoms with Gasteiger partial charge in [-0.15, -0.1) is 0 Å². The average molecular weight is 394 g/mol. The molecule has 1 aliphatic heterocycles. The molecular formula is C19H21Cl2N3O2. The Bertz CT molecular complexity index is 847. The highest BCUT2D eigenvalue weighted by molar-refractivity contribution is 6.36. The van der Waals surface area contributed by atoms with Crippen LogP contribution in [0.5, 0.6) is 0 Å². The topological polar surface area (TPSA) is 54.3 Å². The van der Waals surface area contributed by atoms with Gasteiger partial charge in [-0.2, -0.15) is 0 Å². The van der Waals surface area contributed by atoms with Crippen molar-refractivity contribution in [3.8, 4) is 0 Å². The summed E-state index contributed by atoms with van der Waals surface area (Å²) in [5.74, 6) is -0.332. The van der Waals surface area contributed by atoms with Crippen molar-refractivity contribution < 1.29 is 9.59 Å². The molecule has 1 aliphatic rings. The second kappa shape index (κ2) is 7.72. The van der Waals surface area contributed by atoms with Gasteiger partial charge < -0.3 is 14.8 Å². The van der Waals surface area contributed by atoms with Gasteiger partial charge in [-0.25, -0.2) is 0 Å². The van der Waals surface area contributed by atoms with Crippen LogP contribution in [-0.2, 0) is 11.8 Å². The summed E-state index contributed by atoms with van der Waals surface area (Å²) in [6.45, 7) is 2.47. The molecule has 3 rings (SSSR count). The number of aromatic nitrogens is 1. The minimum atomic E-state index is -0.511. The number of carbonyl (C=O) groups excluding carboxylic acids is 2. The highest BCUT2D eigenvalue weighted by Crippen LogP contribution is 2.27. The monoisotopic (exact) mass is 393 g/mol. The Morgan fingerprint density at radius 1 is 1.19 bits per heavy atom.